The van der Waals surface area contributed by atoms with Crippen molar-refractivity contribution in [1.82, 2.24) is 0 Å². The van der Waals surface area contributed by atoms with Crippen molar-refractivity contribution in [2.45, 2.75) is 249 Å². The SMILES string of the molecule is CCCCCC/C=C/CCCCCCCCCC(=O)O[C@@H](COC(=O)CCCCCCCCC/C=C/CCCCCCCC)COP(=O)(O)OC1C(O)C(O)C(O)[C@H](O)C1O. The molecule has 0 aromatic rings. The molecule has 358 valence electrons. The molecule has 0 aromatic carbocycles. The van der Waals surface area contributed by atoms with Crippen LogP contribution in [0.2, 0.25) is 0 Å². The largest absolute Gasteiger partial charge is 0.472 e. The fourth-order valence-electron chi connectivity index (χ4n) is 7.34. The first-order valence-corrected chi connectivity index (χ1v) is 25.6. The molecule has 0 heterocycles. The number of carbonyl (C=O) groups excluding carboxylic acids is 2. The van der Waals surface area contributed by atoms with E-state index in [0.717, 1.165) is 70.6 Å². The van der Waals surface area contributed by atoms with Gasteiger partial charge in [0.05, 0.1) is 6.61 Å². The van der Waals surface area contributed by atoms with Crippen molar-refractivity contribution in [3.05, 3.63) is 24.3 Å². The highest BCUT2D eigenvalue weighted by Crippen LogP contribution is 2.47. The normalized spacial score (nSPS) is 22.2. The minimum atomic E-state index is -5.12. The van der Waals surface area contributed by atoms with Crippen LogP contribution in [0.15, 0.2) is 24.3 Å². The summed E-state index contributed by atoms with van der Waals surface area (Å²) in [6, 6.07) is 0. The summed E-state index contributed by atoms with van der Waals surface area (Å²) < 4.78 is 33.6. The lowest BCUT2D eigenvalue weighted by Crippen LogP contribution is -2.64. The maximum Gasteiger partial charge on any atom is 0.472 e. The molecule has 61 heavy (non-hydrogen) atoms. The highest BCUT2D eigenvalue weighted by Gasteiger charge is 2.51. The Labute approximate surface area is 368 Å². The van der Waals surface area contributed by atoms with Gasteiger partial charge in [-0.3, -0.25) is 18.6 Å². The number of hydrogen-bond donors (Lipinski definition) is 6. The second kappa shape index (κ2) is 37.7. The summed E-state index contributed by atoms with van der Waals surface area (Å²) in [6.07, 6.45) is 28.0. The van der Waals surface area contributed by atoms with Gasteiger partial charge in [-0.2, -0.15) is 0 Å². The van der Waals surface area contributed by atoms with Crippen molar-refractivity contribution in [3.63, 3.8) is 0 Å². The molecule has 8 atom stereocenters. The standard InChI is InChI=1S/C47H87O13P/c1-3-5-7-9-11-13-15-17-19-20-22-23-25-27-29-31-33-35-40(48)57-37-39(38-58-61(55,56)60-47-45(53)43(51)42(50)44(52)46(47)54)59-41(49)36-34-32-30-28-26-24-21-18-16-14-12-10-8-6-4-2/h14,16-17,19,39,42-47,50-54H,3-13,15,18,20-38H2,1-2H3,(H,55,56)/b16-14+,19-17+/t39-,42?,43-,44?,45?,46?,47?/m0/s1. The molecule has 6 unspecified atom stereocenters. The molecule has 1 rings (SSSR count). The molecule has 0 aromatic heterocycles. The van der Waals surface area contributed by atoms with Crippen LogP contribution in [-0.2, 0) is 32.7 Å². The summed E-state index contributed by atoms with van der Waals surface area (Å²) in [5.41, 5.74) is 0. The van der Waals surface area contributed by atoms with Gasteiger partial charge in [0.25, 0.3) is 0 Å². The van der Waals surface area contributed by atoms with Crippen LogP contribution in [-0.4, -0.2) is 98.3 Å². The Balaban J connectivity index is 2.44. The molecular weight excluding hydrogens is 803 g/mol. The van der Waals surface area contributed by atoms with Crippen molar-refractivity contribution in [1.29, 1.82) is 0 Å². The van der Waals surface area contributed by atoms with Gasteiger partial charge in [0.15, 0.2) is 6.10 Å². The highest BCUT2D eigenvalue weighted by molar-refractivity contribution is 7.47. The Kier molecular flexibility index (Phi) is 35.4. The Morgan fingerprint density at radius 2 is 0.836 bits per heavy atom. The van der Waals surface area contributed by atoms with Gasteiger partial charge in [-0.1, -0.05) is 154 Å². The molecule has 1 aliphatic carbocycles. The van der Waals surface area contributed by atoms with Crippen LogP contribution in [0.3, 0.4) is 0 Å². The molecule has 14 heteroatoms. The first-order chi connectivity index (χ1) is 29.4. The molecule has 0 radical (unpaired) electrons. The Morgan fingerprint density at radius 3 is 1.26 bits per heavy atom. The summed E-state index contributed by atoms with van der Waals surface area (Å²) in [5, 5.41) is 50.2. The van der Waals surface area contributed by atoms with Crippen LogP contribution < -0.4 is 0 Å². The maximum atomic E-state index is 12.8. The number of phosphoric ester groups is 1. The third-order valence-corrected chi connectivity index (χ3v) is 12.3. The molecule has 0 spiro atoms. The Morgan fingerprint density at radius 1 is 0.492 bits per heavy atom. The van der Waals surface area contributed by atoms with E-state index in [1.807, 2.05) is 0 Å². The average molecular weight is 891 g/mol. The molecular formula is C47H87O13P. The van der Waals surface area contributed by atoms with Crippen LogP contribution in [0.4, 0.5) is 0 Å². The lowest BCUT2D eigenvalue weighted by Gasteiger charge is -2.41. The van der Waals surface area contributed by atoms with Gasteiger partial charge in [0, 0.05) is 12.8 Å². The minimum Gasteiger partial charge on any atom is -0.462 e. The van der Waals surface area contributed by atoms with E-state index in [2.05, 4.69) is 38.2 Å². The smallest absolute Gasteiger partial charge is 0.462 e. The lowest BCUT2D eigenvalue weighted by molar-refractivity contribution is -0.220. The number of esters is 2. The number of allylic oxidation sites excluding steroid dienone is 4. The molecule has 1 saturated carbocycles. The number of aliphatic hydroxyl groups excluding tert-OH is 5. The maximum absolute atomic E-state index is 12.8. The van der Waals surface area contributed by atoms with Crippen LogP contribution in [0, 0.1) is 0 Å². The Hall–Kier alpha value is -1.67. The number of carbonyl (C=O) groups is 2. The first-order valence-electron chi connectivity index (χ1n) is 24.1. The van der Waals surface area contributed by atoms with Crippen LogP contribution >= 0.6 is 7.82 Å². The van der Waals surface area contributed by atoms with E-state index in [1.165, 1.54) is 96.3 Å². The van der Waals surface area contributed by atoms with Crippen LogP contribution in [0.5, 0.6) is 0 Å². The van der Waals surface area contributed by atoms with Crippen LogP contribution in [0.25, 0.3) is 0 Å². The van der Waals surface area contributed by atoms with Crippen LogP contribution in [0.1, 0.15) is 206 Å². The van der Waals surface area contributed by atoms with Gasteiger partial charge in [0.2, 0.25) is 0 Å². The minimum absolute atomic E-state index is 0.0926. The Bertz CT molecular complexity index is 1170. The summed E-state index contributed by atoms with van der Waals surface area (Å²) in [4.78, 5) is 35.7. The molecule has 0 saturated heterocycles. The van der Waals surface area contributed by atoms with Gasteiger partial charge in [0.1, 0.15) is 43.2 Å². The number of unbranched alkanes of at least 4 members (excludes halogenated alkanes) is 24. The first kappa shape index (κ1) is 57.3. The van der Waals surface area contributed by atoms with Crippen molar-refractivity contribution >= 4 is 19.8 Å². The number of phosphoric acid groups is 1. The van der Waals surface area contributed by atoms with E-state index in [9.17, 15) is 44.6 Å². The van der Waals surface area contributed by atoms with E-state index in [-0.39, 0.29) is 12.8 Å². The summed E-state index contributed by atoms with van der Waals surface area (Å²) in [7, 11) is -5.12. The monoisotopic (exact) mass is 891 g/mol. The fraction of sp³-hybridized carbons (Fsp3) is 0.872. The summed E-state index contributed by atoms with van der Waals surface area (Å²) in [6.45, 7) is 3.29. The van der Waals surface area contributed by atoms with Crippen molar-refractivity contribution in [3.8, 4) is 0 Å². The lowest BCUT2D eigenvalue weighted by atomic mass is 9.85. The molecule has 0 bridgehead atoms. The second-order valence-corrected chi connectivity index (χ2v) is 18.4. The van der Waals surface area contributed by atoms with Gasteiger partial charge in [-0.25, -0.2) is 4.57 Å². The topological polar surface area (TPSA) is 210 Å². The highest BCUT2D eigenvalue weighted by atomic mass is 31.2. The molecule has 1 aliphatic rings. The van der Waals surface area contributed by atoms with Gasteiger partial charge in [-0.15, -0.1) is 0 Å². The van der Waals surface area contributed by atoms with Gasteiger partial charge in [-0.05, 0) is 64.2 Å². The van der Waals surface area contributed by atoms with E-state index >= 15 is 0 Å². The number of rotatable bonds is 40. The number of ether oxygens (including phenoxy) is 2. The van der Waals surface area contributed by atoms with Crippen molar-refractivity contribution in [2.24, 2.45) is 0 Å². The van der Waals surface area contributed by atoms with Gasteiger partial charge < -0.3 is 39.9 Å². The molecule has 0 aliphatic heterocycles. The molecule has 0 amide bonds. The fourth-order valence-corrected chi connectivity index (χ4v) is 8.31. The van der Waals surface area contributed by atoms with E-state index in [4.69, 9.17) is 18.5 Å². The predicted octanol–water partition coefficient (Wildman–Crippen LogP) is 9.62. The molecule has 1 fully saturated rings. The van der Waals surface area contributed by atoms with Crippen molar-refractivity contribution in [2.75, 3.05) is 13.2 Å². The quantitative estimate of drug-likeness (QED) is 0.0147. The third kappa shape index (κ3) is 30.2. The van der Waals surface area contributed by atoms with E-state index in [1.54, 1.807) is 0 Å². The van der Waals surface area contributed by atoms with E-state index < -0.39 is 75.7 Å². The predicted molar refractivity (Wildman–Crippen MR) is 240 cm³/mol. The van der Waals surface area contributed by atoms with E-state index in [0.29, 0.717) is 12.8 Å². The molecule has 6 N–H and O–H groups in total. The zero-order chi connectivity index (χ0) is 45.0. The zero-order valence-electron chi connectivity index (χ0n) is 38.0. The molecule has 13 nitrogen and oxygen atoms in total. The van der Waals surface area contributed by atoms with Gasteiger partial charge >= 0.3 is 19.8 Å². The zero-order valence-corrected chi connectivity index (χ0v) is 38.9. The summed E-state index contributed by atoms with van der Waals surface area (Å²) >= 11 is 0. The average Bonchev–Trinajstić information content (AvgIpc) is 3.24. The number of hydrogen-bond acceptors (Lipinski definition) is 12. The summed E-state index contributed by atoms with van der Waals surface area (Å²) in [5.74, 6) is -1.10. The second-order valence-electron chi connectivity index (χ2n) is 17.0. The van der Waals surface area contributed by atoms with Crippen molar-refractivity contribution < 1.29 is 63.1 Å². The third-order valence-electron chi connectivity index (χ3n) is 11.3. The number of aliphatic hydroxyl groups is 5.